The largest absolute Gasteiger partial charge is 0.354 e. The van der Waals surface area contributed by atoms with E-state index in [1.165, 1.54) is 12.1 Å². The number of carbonyl (C=O) groups excluding carboxylic acids is 1. The Balaban J connectivity index is 1.24. The fraction of sp³-hybridized carbons (Fsp3) is 0.240. The standard InChI is InChI=1S/C25H25FN6O/c26-21-4-1-3-19(17-21)9-12-27-24(33)20-5-6-22-7-8-23(32(22)18-20)30-13-15-31(16-14-30)25-28-10-2-11-29-25/h1-8,10-11,17-18H,9,12-16H2,(H,27,33). The molecule has 0 atom stereocenters. The van der Waals surface area contributed by atoms with Crippen LogP contribution in [0.25, 0.3) is 5.52 Å². The minimum atomic E-state index is -0.262. The van der Waals surface area contributed by atoms with Gasteiger partial charge in [-0.15, -0.1) is 0 Å². The number of hydrogen-bond acceptors (Lipinski definition) is 5. The van der Waals surface area contributed by atoms with E-state index in [2.05, 4.69) is 41.6 Å². The van der Waals surface area contributed by atoms with Crippen molar-refractivity contribution in [1.82, 2.24) is 19.7 Å². The maximum Gasteiger partial charge on any atom is 0.252 e. The monoisotopic (exact) mass is 444 g/mol. The van der Waals surface area contributed by atoms with Crippen molar-refractivity contribution in [3.05, 3.63) is 90.1 Å². The summed E-state index contributed by atoms with van der Waals surface area (Å²) in [5, 5.41) is 2.94. The van der Waals surface area contributed by atoms with E-state index in [9.17, 15) is 9.18 Å². The van der Waals surface area contributed by atoms with Gasteiger partial charge in [0.1, 0.15) is 11.6 Å². The average Bonchev–Trinajstić information content (AvgIpc) is 3.28. The summed E-state index contributed by atoms with van der Waals surface area (Å²) in [6, 6.07) is 16.2. The number of amides is 1. The maximum atomic E-state index is 13.3. The van der Waals surface area contributed by atoms with Gasteiger partial charge in [0.2, 0.25) is 5.95 Å². The van der Waals surface area contributed by atoms with Crippen LogP contribution in [0, 0.1) is 5.82 Å². The molecule has 3 aromatic heterocycles. The van der Waals surface area contributed by atoms with Crippen LogP contribution in [0.15, 0.2) is 73.2 Å². The van der Waals surface area contributed by atoms with E-state index in [1.807, 2.05) is 30.5 Å². The number of nitrogens with one attached hydrogen (secondary N) is 1. The van der Waals surface area contributed by atoms with E-state index >= 15 is 0 Å². The molecule has 1 aromatic carbocycles. The number of piperazine rings is 1. The van der Waals surface area contributed by atoms with E-state index in [1.54, 1.807) is 18.5 Å². The summed E-state index contributed by atoms with van der Waals surface area (Å²) in [6.45, 7) is 3.79. The van der Waals surface area contributed by atoms with Gasteiger partial charge in [-0.05, 0) is 54.4 Å². The van der Waals surface area contributed by atoms with Gasteiger partial charge in [-0.3, -0.25) is 4.79 Å². The van der Waals surface area contributed by atoms with Crippen LogP contribution in [-0.2, 0) is 6.42 Å². The molecule has 1 saturated heterocycles. The minimum absolute atomic E-state index is 0.140. The Labute approximate surface area is 191 Å². The van der Waals surface area contributed by atoms with E-state index in [0.717, 1.165) is 49.0 Å². The highest BCUT2D eigenvalue weighted by molar-refractivity contribution is 5.94. The molecule has 1 aliphatic heterocycles. The number of benzene rings is 1. The number of aromatic nitrogens is 3. The van der Waals surface area contributed by atoms with Crippen LogP contribution in [0.3, 0.4) is 0 Å². The molecular formula is C25H25FN6O. The quantitative estimate of drug-likeness (QED) is 0.495. The molecule has 5 rings (SSSR count). The molecule has 0 radical (unpaired) electrons. The van der Waals surface area contributed by atoms with Gasteiger partial charge in [0.15, 0.2) is 0 Å². The van der Waals surface area contributed by atoms with Gasteiger partial charge in [-0.2, -0.15) is 0 Å². The van der Waals surface area contributed by atoms with Gasteiger partial charge >= 0.3 is 0 Å². The van der Waals surface area contributed by atoms with Gasteiger partial charge in [-0.25, -0.2) is 14.4 Å². The molecule has 0 aliphatic carbocycles. The zero-order valence-corrected chi connectivity index (χ0v) is 18.2. The summed E-state index contributed by atoms with van der Waals surface area (Å²) in [4.78, 5) is 25.9. The molecule has 4 aromatic rings. The first kappa shape index (κ1) is 20.9. The Morgan fingerprint density at radius 3 is 2.48 bits per heavy atom. The van der Waals surface area contributed by atoms with E-state index in [0.29, 0.717) is 18.5 Å². The molecule has 1 N–H and O–H groups in total. The minimum Gasteiger partial charge on any atom is -0.354 e. The predicted octanol–water partition coefficient (Wildman–Crippen LogP) is 3.17. The molecule has 1 aliphatic rings. The number of halogens is 1. The molecule has 4 heterocycles. The fourth-order valence-corrected chi connectivity index (χ4v) is 4.18. The van der Waals surface area contributed by atoms with Crippen molar-refractivity contribution in [2.24, 2.45) is 0 Å². The van der Waals surface area contributed by atoms with Crippen LogP contribution in [0.4, 0.5) is 16.2 Å². The summed E-state index contributed by atoms with van der Waals surface area (Å²) in [5.41, 5.74) is 2.49. The average molecular weight is 445 g/mol. The highest BCUT2D eigenvalue weighted by atomic mass is 19.1. The number of nitrogens with zero attached hydrogens (tertiary/aromatic N) is 5. The second-order valence-electron chi connectivity index (χ2n) is 8.06. The molecule has 7 nitrogen and oxygen atoms in total. The number of hydrogen-bond donors (Lipinski definition) is 1. The SMILES string of the molecule is O=C(NCCc1cccc(F)c1)c1ccc2ccc(N3CCN(c4ncccn4)CC3)n2c1. The highest BCUT2D eigenvalue weighted by Crippen LogP contribution is 2.22. The lowest BCUT2D eigenvalue weighted by Crippen LogP contribution is -2.47. The van der Waals surface area contributed by atoms with Crippen LogP contribution in [-0.4, -0.2) is 53.0 Å². The van der Waals surface area contributed by atoms with E-state index in [-0.39, 0.29) is 11.7 Å². The zero-order valence-electron chi connectivity index (χ0n) is 18.2. The van der Waals surface area contributed by atoms with Crippen molar-refractivity contribution < 1.29 is 9.18 Å². The van der Waals surface area contributed by atoms with Crippen molar-refractivity contribution in [3.63, 3.8) is 0 Å². The number of anilines is 2. The van der Waals surface area contributed by atoms with Gasteiger partial charge in [0.05, 0.1) is 5.56 Å². The van der Waals surface area contributed by atoms with Crippen LogP contribution in [0.5, 0.6) is 0 Å². The molecule has 0 spiro atoms. The predicted molar refractivity (Wildman–Crippen MR) is 126 cm³/mol. The topological polar surface area (TPSA) is 65.8 Å². The second kappa shape index (κ2) is 9.28. The summed E-state index contributed by atoms with van der Waals surface area (Å²) in [6.07, 6.45) is 5.99. The van der Waals surface area contributed by atoms with Crippen LogP contribution >= 0.6 is 0 Å². The molecule has 0 saturated carbocycles. The van der Waals surface area contributed by atoms with Crippen LogP contribution in [0.1, 0.15) is 15.9 Å². The molecule has 168 valence electrons. The number of pyridine rings is 1. The molecule has 0 unspecified atom stereocenters. The molecule has 1 amide bonds. The Morgan fingerprint density at radius 2 is 1.70 bits per heavy atom. The highest BCUT2D eigenvalue weighted by Gasteiger charge is 2.21. The zero-order chi connectivity index (χ0) is 22.6. The van der Waals surface area contributed by atoms with Crippen molar-refractivity contribution in [1.29, 1.82) is 0 Å². The van der Waals surface area contributed by atoms with E-state index in [4.69, 9.17) is 0 Å². The van der Waals surface area contributed by atoms with Gasteiger partial charge in [0, 0.05) is 56.8 Å². The summed E-state index contributed by atoms with van der Waals surface area (Å²) in [5.74, 6) is 1.42. The van der Waals surface area contributed by atoms with E-state index < -0.39 is 0 Å². The molecule has 0 bridgehead atoms. The molecule has 1 fully saturated rings. The van der Waals surface area contributed by atoms with Crippen molar-refractivity contribution in [3.8, 4) is 0 Å². The first-order valence-electron chi connectivity index (χ1n) is 11.1. The third-order valence-corrected chi connectivity index (χ3v) is 5.92. The lowest BCUT2D eigenvalue weighted by molar-refractivity contribution is 0.0953. The Kier molecular flexibility index (Phi) is 5.89. The van der Waals surface area contributed by atoms with Gasteiger partial charge < -0.3 is 19.5 Å². The van der Waals surface area contributed by atoms with Gasteiger partial charge in [0.25, 0.3) is 5.91 Å². The summed E-state index contributed by atoms with van der Waals surface area (Å²) < 4.78 is 15.4. The smallest absolute Gasteiger partial charge is 0.252 e. The number of fused-ring (bicyclic) bond motifs is 1. The summed E-state index contributed by atoms with van der Waals surface area (Å²) in [7, 11) is 0. The first-order valence-corrected chi connectivity index (χ1v) is 11.1. The van der Waals surface area contributed by atoms with Crippen molar-refractivity contribution >= 4 is 23.2 Å². The Morgan fingerprint density at radius 1 is 0.939 bits per heavy atom. The molecular weight excluding hydrogens is 419 g/mol. The maximum absolute atomic E-state index is 13.3. The molecule has 33 heavy (non-hydrogen) atoms. The fourth-order valence-electron chi connectivity index (χ4n) is 4.18. The number of rotatable bonds is 6. The lowest BCUT2D eigenvalue weighted by Gasteiger charge is -2.35. The third-order valence-electron chi connectivity index (χ3n) is 5.92. The Hall–Kier alpha value is -3.94. The number of carbonyl (C=O) groups is 1. The Bertz CT molecular complexity index is 1250. The summed E-state index contributed by atoms with van der Waals surface area (Å²) >= 11 is 0. The normalized spacial score (nSPS) is 14.0. The second-order valence-corrected chi connectivity index (χ2v) is 8.06. The first-order chi connectivity index (χ1) is 16.2. The van der Waals surface area contributed by atoms with Crippen LogP contribution < -0.4 is 15.1 Å². The van der Waals surface area contributed by atoms with Crippen molar-refractivity contribution in [2.75, 3.05) is 42.5 Å². The third kappa shape index (κ3) is 4.64. The van der Waals surface area contributed by atoms with Crippen molar-refractivity contribution in [2.45, 2.75) is 6.42 Å². The lowest BCUT2D eigenvalue weighted by atomic mass is 10.1. The molecule has 8 heteroatoms. The van der Waals surface area contributed by atoms with Crippen LogP contribution in [0.2, 0.25) is 0 Å². The van der Waals surface area contributed by atoms with Gasteiger partial charge in [-0.1, -0.05) is 12.1 Å².